The number of aryl methyl sites for hydroxylation is 1. The third kappa shape index (κ3) is 3.72. The zero-order valence-corrected chi connectivity index (χ0v) is 17.9. The van der Waals surface area contributed by atoms with Crippen LogP contribution in [0.2, 0.25) is 0 Å². The van der Waals surface area contributed by atoms with Crippen LogP contribution in [0.25, 0.3) is 10.2 Å². The number of methoxy groups -OCH3 is 2. The number of nitrogens with zero attached hydrogens (tertiary/aromatic N) is 2. The zero-order valence-electron chi connectivity index (χ0n) is 17.1. The van der Waals surface area contributed by atoms with Crippen LogP contribution < -0.4 is 15.0 Å². The second-order valence-corrected chi connectivity index (χ2v) is 8.30. The minimum Gasteiger partial charge on any atom is -0.493 e. The van der Waals surface area contributed by atoms with Crippen molar-refractivity contribution in [2.45, 2.75) is 39.2 Å². The van der Waals surface area contributed by atoms with Gasteiger partial charge in [0.25, 0.3) is 5.56 Å². The van der Waals surface area contributed by atoms with Crippen LogP contribution in [0.3, 0.4) is 0 Å². The minimum absolute atomic E-state index is 0.279. The molecule has 0 atom stereocenters. The van der Waals surface area contributed by atoms with Crippen LogP contribution in [0.15, 0.2) is 29.1 Å². The van der Waals surface area contributed by atoms with Gasteiger partial charge in [-0.25, -0.2) is 9.78 Å². The maximum Gasteiger partial charge on any atom is 0.329 e. The summed E-state index contributed by atoms with van der Waals surface area (Å²) in [7, 11) is 3.11. The van der Waals surface area contributed by atoms with Crippen LogP contribution in [0, 0.1) is 0 Å². The number of carboxylic acid groups (broad SMARTS) is 1. The van der Waals surface area contributed by atoms with E-state index in [1.54, 1.807) is 26.4 Å². The van der Waals surface area contributed by atoms with Gasteiger partial charge in [-0.05, 0) is 44.0 Å². The quantitative estimate of drug-likeness (QED) is 0.634. The molecule has 0 unspecified atom stereocenters. The van der Waals surface area contributed by atoms with Crippen LogP contribution in [0.1, 0.15) is 37.0 Å². The van der Waals surface area contributed by atoms with Gasteiger partial charge in [-0.1, -0.05) is 13.0 Å². The van der Waals surface area contributed by atoms with Crippen molar-refractivity contribution in [2.75, 3.05) is 14.2 Å². The molecule has 3 aromatic rings. The topological polar surface area (TPSA) is 90.7 Å². The van der Waals surface area contributed by atoms with Gasteiger partial charge in [-0.3, -0.25) is 9.36 Å². The maximum atomic E-state index is 13.3. The van der Waals surface area contributed by atoms with Crippen molar-refractivity contribution in [2.24, 2.45) is 0 Å². The fraction of sp³-hybridized carbons (Fsp3) is 0.381. The van der Waals surface area contributed by atoms with Crippen molar-refractivity contribution in [1.82, 2.24) is 9.55 Å². The van der Waals surface area contributed by atoms with E-state index >= 15 is 0 Å². The Labute approximate surface area is 172 Å². The lowest BCUT2D eigenvalue weighted by Crippen LogP contribution is -2.44. The van der Waals surface area contributed by atoms with E-state index in [1.165, 1.54) is 29.8 Å². The van der Waals surface area contributed by atoms with Crippen LogP contribution in [0.4, 0.5) is 0 Å². The number of hydrogen-bond donors (Lipinski definition) is 1. The van der Waals surface area contributed by atoms with Crippen LogP contribution in [0.5, 0.6) is 11.5 Å². The molecule has 29 heavy (non-hydrogen) atoms. The molecule has 0 spiro atoms. The Hall–Kier alpha value is -2.87. The van der Waals surface area contributed by atoms with Gasteiger partial charge in [-0.15, -0.1) is 11.3 Å². The molecule has 0 saturated carbocycles. The molecule has 0 fully saturated rings. The summed E-state index contributed by atoms with van der Waals surface area (Å²) < 4.78 is 11.9. The molecular formula is C21H24N2O5S. The third-order valence-corrected chi connectivity index (χ3v) is 6.10. The molecule has 0 amide bonds. The molecule has 154 valence electrons. The number of benzene rings is 1. The predicted octanol–water partition coefficient (Wildman–Crippen LogP) is 3.45. The van der Waals surface area contributed by atoms with Crippen molar-refractivity contribution in [1.29, 1.82) is 0 Å². The maximum absolute atomic E-state index is 13.3. The lowest BCUT2D eigenvalue weighted by atomic mass is 10.0. The predicted molar refractivity (Wildman–Crippen MR) is 113 cm³/mol. The first kappa shape index (κ1) is 20.9. The Balaban J connectivity index is 2.22. The van der Waals surface area contributed by atoms with Gasteiger partial charge in [-0.2, -0.15) is 0 Å². The molecule has 0 saturated heterocycles. The number of carbonyl (C=O) groups is 1. The molecular weight excluding hydrogens is 392 g/mol. The number of fused-ring (bicyclic) bond motifs is 1. The molecule has 1 aromatic carbocycles. The van der Waals surface area contributed by atoms with E-state index in [1.807, 2.05) is 19.1 Å². The highest BCUT2D eigenvalue weighted by atomic mass is 32.1. The average molecular weight is 416 g/mol. The van der Waals surface area contributed by atoms with Gasteiger partial charge in [0.2, 0.25) is 0 Å². The van der Waals surface area contributed by atoms with Gasteiger partial charge in [0.1, 0.15) is 16.2 Å². The van der Waals surface area contributed by atoms with E-state index in [4.69, 9.17) is 14.5 Å². The molecule has 7 nitrogen and oxygen atoms in total. The van der Waals surface area contributed by atoms with Crippen molar-refractivity contribution in [3.05, 3.63) is 50.9 Å². The highest BCUT2D eigenvalue weighted by molar-refractivity contribution is 7.18. The third-order valence-electron chi connectivity index (χ3n) is 4.93. The molecule has 0 radical (unpaired) electrons. The van der Waals surface area contributed by atoms with Crippen LogP contribution >= 0.6 is 11.3 Å². The largest absolute Gasteiger partial charge is 0.493 e. The van der Waals surface area contributed by atoms with Gasteiger partial charge in [0.05, 0.1) is 19.6 Å². The Morgan fingerprint density at radius 3 is 2.48 bits per heavy atom. The van der Waals surface area contributed by atoms with Gasteiger partial charge in [0, 0.05) is 11.3 Å². The number of rotatable bonds is 7. The van der Waals surface area contributed by atoms with E-state index in [9.17, 15) is 14.7 Å². The molecule has 1 N–H and O–H groups in total. The summed E-state index contributed by atoms with van der Waals surface area (Å²) in [6.07, 6.45) is 1.06. The van der Waals surface area contributed by atoms with Gasteiger partial charge >= 0.3 is 5.97 Å². The smallest absolute Gasteiger partial charge is 0.329 e. The molecule has 0 aliphatic carbocycles. The number of aliphatic carboxylic acids is 1. The lowest BCUT2D eigenvalue weighted by Gasteiger charge is -2.25. The summed E-state index contributed by atoms with van der Waals surface area (Å²) in [4.78, 5) is 31.6. The fourth-order valence-corrected chi connectivity index (χ4v) is 4.19. The van der Waals surface area contributed by atoms with Gasteiger partial charge < -0.3 is 14.6 Å². The molecule has 8 heteroatoms. The summed E-state index contributed by atoms with van der Waals surface area (Å²) >= 11 is 1.46. The standard InChI is InChI=1S/C21H24N2O5S/c1-6-13-11-14-18(29-13)22-17(23(19(14)24)21(2,3)20(25)26)10-12-7-8-15(27-4)16(9-12)28-5/h7-9,11H,6,10H2,1-5H3,(H,25,26). The van der Waals surface area contributed by atoms with Crippen molar-refractivity contribution in [3.63, 3.8) is 0 Å². The number of ether oxygens (including phenoxy) is 2. The Morgan fingerprint density at radius 2 is 1.90 bits per heavy atom. The van der Waals surface area contributed by atoms with E-state index in [0.29, 0.717) is 27.5 Å². The number of hydrogen-bond acceptors (Lipinski definition) is 6. The van der Waals surface area contributed by atoms with Crippen LogP contribution in [-0.2, 0) is 23.2 Å². The Kier molecular flexibility index (Phi) is 5.66. The molecule has 2 aromatic heterocycles. The Morgan fingerprint density at radius 1 is 1.21 bits per heavy atom. The highest BCUT2D eigenvalue weighted by Gasteiger charge is 2.34. The molecule has 0 aliphatic rings. The lowest BCUT2D eigenvalue weighted by molar-refractivity contribution is -0.146. The molecule has 0 bridgehead atoms. The second-order valence-electron chi connectivity index (χ2n) is 7.18. The highest BCUT2D eigenvalue weighted by Crippen LogP contribution is 2.30. The summed E-state index contributed by atoms with van der Waals surface area (Å²) in [6.45, 7) is 5.03. The SMILES string of the molecule is CCc1cc2c(=O)n(C(C)(C)C(=O)O)c(Cc3ccc(OC)c(OC)c3)nc2s1. The molecule has 0 aliphatic heterocycles. The summed E-state index contributed by atoms with van der Waals surface area (Å²) in [6, 6.07) is 7.24. The number of thiophene rings is 1. The van der Waals surface area contributed by atoms with Gasteiger partial charge in [0.15, 0.2) is 11.5 Å². The summed E-state index contributed by atoms with van der Waals surface area (Å²) in [5.74, 6) is 0.447. The number of aromatic nitrogens is 2. The monoisotopic (exact) mass is 416 g/mol. The minimum atomic E-state index is -1.45. The van der Waals surface area contributed by atoms with E-state index < -0.39 is 11.5 Å². The Bertz CT molecular complexity index is 1130. The average Bonchev–Trinajstić information content (AvgIpc) is 3.11. The normalized spacial score (nSPS) is 11.6. The van der Waals surface area contributed by atoms with E-state index in [2.05, 4.69) is 0 Å². The molecule has 3 rings (SSSR count). The summed E-state index contributed by atoms with van der Waals surface area (Å²) in [5, 5.41) is 10.2. The van der Waals surface area contributed by atoms with Crippen molar-refractivity contribution < 1.29 is 19.4 Å². The van der Waals surface area contributed by atoms with Crippen LogP contribution in [-0.4, -0.2) is 34.8 Å². The van der Waals surface area contributed by atoms with Crippen molar-refractivity contribution >= 4 is 27.5 Å². The van der Waals surface area contributed by atoms with E-state index in [0.717, 1.165) is 16.9 Å². The van der Waals surface area contributed by atoms with Crippen molar-refractivity contribution in [3.8, 4) is 11.5 Å². The zero-order chi connectivity index (χ0) is 21.3. The second kappa shape index (κ2) is 7.87. The van der Waals surface area contributed by atoms with E-state index in [-0.39, 0.29) is 12.0 Å². The first-order valence-electron chi connectivity index (χ1n) is 9.22. The fourth-order valence-electron chi connectivity index (χ4n) is 3.21. The first-order valence-corrected chi connectivity index (χ1v) is 10.0. The number of carboxylic acids is 1. The summed E-state index contributed by atoms with van der Waals surface area (Å²) in [5.41, 5.74) is -0.955. The first-order chi connectivity index (χ1) is 13.7. The molecule has 2 heterocycles.